The largest absolute Gasteiger partial charge is 0.481 e. The summed E-state index contributed by atoms with van der Waals surface area (Å²) in [7, 11) is -7.16. The summed E-state index contributed by atoms with van der Waals surface area (Å²) in [6.07, 6.45) is -4.30. The quantitative estimate of drug-likeness (QED) is 0.162. The normalized spacial score (nSPS) is 28.6. The molecule has 3 aliphatic rings. The molecule has 3 heterocycles. The number of ether oxygens (including phenoxy) is 1. The Balaban J connectivity index is 1.47. The SMILES string of the molecule is CN(C)c1ccc2ccccc2c1C(=O)C12N=CN([C@@H]3O[C@H](COP(=O)(O)OP(=O)(O)O)[C@@H](O)[C@H]3O)C1=NC=NC2=N. The zero-order valence-electron chi connectivity index (χ0n) is 22.0. The molecule has 19 heteroatoms. The minimum atomic E-state index is -5.40. The van der Waals surface area contributed by atoms with Gasteiger partial charge in [-0.15, -0.1) is 0 Å². The Labute approximate surface area is 237 Å². The van der Waals surface area contributed by atoms with E-state index < -0.39 is 63.9 Å². The summed E-state index contributed by atoms with van der Waals surface area (Å²) in [4.78, 5) is 57.0. The van der Waals surface area contributed by atoms with E-state index in [1.54, 1.807) is 37.2 Å². The minimum Gasteiger partial charge on any atom is -0.387 e. The van der Waals surface area contributed by atoms with Crippen molar-refractivity contribution >= 4 is 62.2 Å². The van der Waals surface area contributed by atoms with E-state index in [4.69, 9.17) is 19.9 Å². The lowest BCUT2D eigenvalue weighted by molar-refractivity contribution is -0.0503. The van der Waals surface area contributed by atoms with Gasteiger partial charge in [-0.2, -0.15) is 4.31 Å². The lowest BCUT2D eigenvalue weighted by Gasteiger charge is -2.33. The number of ketones is 1. The Hall–Kier alpha value is -3.21. The molecule has 0 saturated carbocycles. The molecule has 6 atom stereocenters. The Morgan fingerprint density at radius 1 is 1.14 bits per heavy atom. The van der Waals surface area contributed by atoms with Crippen molar-refractivity contribution in [1.29, 1.82) is 5.41 Å². The van der Waals surface area contributed by atoms with Crippen molar-refractivity contribution in [3.63, 3.8) is 0 Å². The molecule has 1 saturated heterocycles. The molecule has 6 N–H and O–H groups in total. The number of phosphoric acid groups is 2. The van der Waals surface area contributed by atoms with Crippen molar-refractivity contribution in [2.24, 2.45) is 15.0 Å². The number of amidine groups is 2. The van der Waals surface area contributed by atoms with E-state index >= 15 is 0 Å². The van der Waals surface area contributed by atoms with E-state index in [1.807, 2.05) is 18.2 Å². The average Bonchev–Trinajstić information content (AvgIpc) is 3.44. The van der Waals surface area contributed by atoms with Crippen LogP contribution in [0.3, 0.4) is 0 Å². The number of carbonyl (C=O) groups excluding carboxylic acids is 1. The highest BCUT2D eigenvalue weighted by molar-refractivity contribution is 7.60. The number of Topliss-reactive ketones (excluding diaryl/α,β-unsaturated/α-hetero) is 1. The topological polar surface area (TPSA) is 247 Å². The molecule has 3 aliphatic heterocycles. The maximum atomic E-state index is 14.5. The molecule has 2 unspecified atom stereocenters. The van der Waals surface area contributed by atoms with Crippen LogP contribution in [0.25, 0.3) is 10.8 Å². The molecule has 17 nitrogen and oxygen atoms in total. The maximum absolute atomic E-state index is 14.5. The number of hydrogen-bond acceptors (Lipinski definition) is 13. The predicted molar refractivity (Wildman–Crippen MR) is 149 cm³/mol. The van der Waals surface area contributed by atoms with Crippen molar-refractivity contribution in [2.45, 2.75) is 30.1 Å². The van der Waals surface area contributed by atoms with E-state index in [0.29, 0.717) is 11.1 Å². The summed E-state index contributed by atoms with van der Waals surface area (Å²) in [5.74, 6) is -1.25. The molecule has 42 heavy (non-hydrogen) atoms. The van der Waals surface area contributed by atoms with Crippen molar-refractivity contribution in [2.75, 3.05) is 25.6 Å². The lowest BCUT2D eigenvalue weighted by atomic mass is 9.83. The number of aliphatic imine (C=N–C) groups is 3. The van der Waals surface area contributed by atoms with Gasteiger partial charge in [-0.05, 0) is 16.8 Å². The van der Waals surface area contributed by atoms with E-state index in [9.17, 15) is 29.0 Å². The molecule has 224 valence electrons. The van der Waals surface area contributed by atoms with Crippen LogP contribution in [0, 0.1) is 5.41 Å². The number of fused-ring (bicyclic) bond motifs is 2. The number of aliphatic hydroxyl groups excluding tert-OH is 2. The minimum absolute atomic E-state index is 0.152. The van der Waals surface area contributed by atoms with Gasteiger partial charge in [0.2, 0.25) is 11.3 Å². The third-order valence-corrected chi connectivity index (χ3v) is 8.97. The van der Waals surface area contributed by atoms with Crippen LogP contribution in [0.5, 0.6) is 0 Å². The fourth-order valence-electron chi connectivity index (χ4n) is 4.94. The fraction of sp³-hybridized carbons (Fsp3) is 0.348. The van der Waals surface area contributed by atoms with E-state index in [2.05, 4.69) is 23.8 Å². The van der Waals surface area contributed by atoms with Crippen LogP contribution in [-0.4, -0.2) is 111 Å². The highest BCUT2D eigenvalue weighted by Crippen LogP contribution is 2.57. The van der Waals surface area contributed by atoms with Crippen molar-refractivity contribution in [3.05, 3.63) is 42.0 Å². The van der Waals surface area contributed by atoms with E-state index in [1.165, 1.54) is 0 Å². The number of rotatable bonds is 9. The number of nitrogens with zero attached hydrogens (tertiary/aromatic N) is 5. The first-order valence-corrected chi connectivity index (χ1v) is 15.2. The van der Waals surface area contributed by atoms with Crippen molar-refractivity contribution in [1.82, 2.24) is 4.90 Å². The van der Waals surface area contributed by atoms with Crippen LogP contribution in [0.1, 0.15) is 10.4 Å². The molecule has 0 aliphatic carbocycles. The summed E-state index contributed by atoms with van der Waals surface area (Å²) in [6, 6.07) is 10.8. The first kappa shape index (κ1) is 30.3. The number of phosphoric ester groups is 1. The molecule has 2 aromatic carbocycles. The van der Waals surface area contributed by atoms with Crippen LogP contribution in [-0.2, 0) is 22.7 Å². The smallest absolute Gasteiger partial charge is 0.387 e. The van der Waals surface area contributed by atoms with Crippen LogP contribution in [0.4, 0.5) is 5.69 Å². The van der Waals surface area contributed by atoms with Gasteiger partial charge >= 0.3 is 15.6 Å². The van der Waals surface area contributed by atoms with Crippen LogP contribution < -0.4 is 4.90 Å². The van der Waals surface area contributed by atoms with Crippen LogP contribution >= 0.6 is 15.6 Å². The third-order valence-electron chi connectivity index (χ3n) is 6.82. The monoisotopic (exact) mass is 624 g/mol. The Kier molecular flexibility index (Phi) is 7.79. The molecular weight excluding hydrogens is 598 g/mol. The van der Waals surface area contributed by atoms with Gasteiger partial charge in [0, 0.05) is 19.8 Å². The highest BCUT2D eigenvalue weighted by atomic mass is 31.3. The lowest BCUT2D eigenvalue weighted by Crippen LogP contribution is -2.57. The molecule has 1 fully saturated rings. The molecule has 2 aromatic rings. The number of anilines is 1. The fourth-order valence-corrected chi connectivity index (χ4v) is 6.54. The molecule has 0 aromatic heterocycles. The molecule has 0 amide bonds. The van der Waals surface area contributed by atoms with E-state index in [0.717, 1.165) is 23.0 Å². The summed E-state index contributed by atoms with van der Waals surface area (Å²) >= 11 is 0. The van der Waals surface area contributed by atoms with E-state index in [-0.39, 0.29) is 11.4 Å². The third kappa shape index (κ3) is 5.24. The zero-order chi connectivity index (χ0) is 30.6. The van der Waals surface area contributed by atoms with Crippen molar-refractivity contribution in [3.8, 4) is 0 Å². The van der Waals surface area contributed by atoms with Gasteiger partial charge in [0.25, 0.3) is 0 Å². The second kappa shape index (κ2) is 10.8. The number of nitrogens with one attached hydrogen (secondary N) is 1. The van der Waals surface area contributed by atoms with Crippen LogP contribution in [0.2, 0.25) is 0 Å². The average molecular weight is 624 g/mol. The number of aliphatic hydroxyl groups is 2. The molecule has 0 radical (unpaired) electrons. The van der Waals surface area contributed by atoms with Gasteiger partial charge in [-0.25, -0.2) is 24.1 Å². The molecule has 0 bridgehead atoms. The van der Waals surface area contributed by atoms with Gasteiger partial charge in [0.15, 0.2) is 17.9 Å². The summed E-state index contributed by atoms with van der Waals surface area (Å²) < 4.78 is 36.7. The molecular formula is C23H26N6O11P2. The predicted octanol–water partition coefficient (Wildman–Crippen LogP) is 0.262. The maximum Gasteiger partial charge on any atom is 0.481 e. The van der Waals surface area contributed by atoms with Gasteiger partial charge in [-0.1, -0.05) is 30.3 Å². The van der Waals surface area contributed by atoms with Gasteiger partial charge in [0.05, 0.1) is 18.5 Å². The standard InChI is InChI=1S/C23H26N6O11P2/c1-28(2)14-8-7-12-5-3-4-6-13(12)16(14)19(32)23-21(24)25-10-26-22(23)29(11-27-23)20-18(31)17(30)15(39-20)9-38-42(36,37)40-41(33,34)35/h3-8,10-11,15,17-18,20,24,30-31H,9H2,1-2H3,(H,36,37)(H2,33,34,35)/t15-,17-,18-,20-,23?/m1/s1. The Morgan fingerprint density at radius 3 is 2.55 bits per heavy atom. The van der Waals surface area contributed by atoms with Crippen LogP contribution in [0.15, 0.2) is 51.4 Å². The summed E-state index contributed by atoms with van der Waals surface area (Å²) in [5, 5.41) is 31.4. The summed E-state index contributed by atoms with van der Waals surface area (Å²) in [6.45, 7) is -0.927. The summed E-state index contributed by atoms with van der Waals surface area (Å²) in [5.41, 5.74) is -1.29. The number of benzene rings is 2. The van der Waals surface area contributed by atoms with Gasteiger partial charge in [-0.3, -0.25) is 19.6 Å². The molecule has 0 spiro atoms. The number of carbonyl (C=O) groups is 1. The van der Waals surface area contributed by atoms with Gasteiger partial charge in [0.1, 0.15) is 24.7 Å². The van der Waals surface area contributed by atoms with Gasteiger partial charge < -0.3 is 34.5 Å². The molecule has 5 rings (SSSR count). The Bertz CT molecular complexity index is 1640. The second-order valence-corrected chi connectivity index (χ2v) is 12.5. The van der Waals surface area contributed by atoms with Crippen molar-refractivity contribution < 1.29 is 52.4 Å². The first-order valence-electron chi connectivity index (χ1n) is 12.2. The highest BCUT2D eigenvalue weighted by Gasteiger charge is 2.59. The number of hydrogen-bond donors (Lipinski definition) is 6. The first-order chi connectivity index (χ1) is 19.7. The zero-order valence-corrected chi connectivity index (χ0v) is 23.7. The Morgan fingerprint density at radius 2 is 1.86 bits per heavy atom. The second-order valence-electron chi connectivity index (χ2n) is 9.70.